The Morgan fingerprint density at radius 3 is 2.94 bits per heavy atom. The minimum Gasteiger partial charge on any atom is -0.477 e. The van der Waals surface area contributed by atoms with Crippen molar-refractivity contribution >= 4 is 22.6 Å². The minimum absolute atomic E-state index is 0.108. The van der Waals surface area contributed by atoms with Gasteiger partial charge in [-0.25, -0.2) is 9.97 Å². The van der Waals surface area contributed by atoms with Crippen molar-refractivity contribution < 1.29 is 9.53 Å². The van der Waals surface area contributed by atoms with Gasteiger partial charge in [0.1, 0.15) is 0 Å². The Hall–Kier alpha value is -2.17. The maximum atomic E-state index is 10.9. The summed E-state index contributed by atoms with van der Waals surface area (Å²) in [6.45, 7) is 3.92. The first-order valence-corrected chi connectivity index (χ1v) is 5.36. The molecule has 0 bridgehead atoms. The molecule has 0 atom stereocenters. The lowest BCUT2D eigenvalue weighted by Crippen LogP contribution is -2.05. The van der Waals surface area contributed by atoms with Gasteiger partial charge in [-0.1, -0.05) is 0 Å². The number of carbonyl (C=O) groups excluding carboxylic acids is 1. The highest BCUT2D eigenvalue weighted by Gasteiger charge is 2.02. The van der Waals surface area contributed by atoms with Crippen LogP contribution in [0.25, 0.3) is 11.0 Å². The fourth-order valence-corrected chi connectivity index (χ4v) is 1.49. The Bertz CT molecular complexity index is 554. The quantitative estimate of drug-likeness (QED) is 0.877. The van der Waals surface area contributed by atoms with Crippen LogP contribution in [0.5, 0.6) is 5.88 Å². The molecule has 0 aliphatic rings. The van der Waals surface area contributed by atoms with Crippen molar-refractivity contribution in [2.45, 2.75) is 13.8 Å². The summed E-state index contributed by atoms with van der Waals surface area (Å²) in [5.74, 6) is 0.399. The van der Waals surface area contributed by atoms with E-state index in [0.717, 1.165) is 11.0 Å². The summed E-state index contributed by atoms with van der Waals surface area (Å²) < 4.78 is 5.27. The van der Waals surface area contributed by atoms with Gasteiger partial charge in [0.05, 0.1) is 23.8 Å². The predicted molar refractivity (Wildman–Crippen MR) is 65.0 cm³/mol. The highest BCUT2D eigenvalue weighted by atomic mass is 16.5. The number of aromatic nitrogens is 2. The zero-order valence-corrected chi connectivity index (χ0v) is 9.73. The van der Waals surface area contributed by atoms with Crippen LogP contribution in [0.3, 0.4) is 0 Å². The zero-order chi connectivity index (χ0) is 12.3. The fraction of sp³-hybridized carbons (Fsp3) is 0.250. The maximum absolute atomic E-state index is 10.9. The average molecular weight is 231 g/mol. The van der Waals surface area contributed by atoms with E-state index in [1.54, 1.807) is 24.4 Å². The molecule has 1 aromatic heterocycles. The number of ether oxygens (including phenoxy) is 1. The van der Waals surface area contributed by atoms with Crippen molar-refractivity contribution in [3.8, 4) is 5.88 Å². The highest BCUT2D eigenvalue weighted by Crippen LogP contribution is 2.18. The third-order valence-corrected chi connectivity index (χ3v) is 2.13. The lowest BCUT2D eigenvalue weighted by Gasteiger charge is -2.05. The molecular weight excluding hydrogens is 218 g/mol. The monoisotopic (exact) mass is 231 g/mol. The van der Waals surface area contributed by atoms with Crippen LogP contribution in [0.4, 0.5) is 5.69 Å². The van der Waals surface area contributed by atoms with Crippen molar-refractivity contribution in [1.29, 1.82) is 0 Å². The van der Waals surface area contributed by atoms with Gasteiger partial charge in [0, 0.05) is 12.6 Å². The molecule has 5 heteroatoms. The van der Waals surface area contributed by atoms with Gasteiger partial charge in [-0.05, 0) is 25.1 Å². The smallest absolute Gasteiger partial charge is 0.232 e. The molecule has 17 heavy (non-hydrogen) atoms. The molecule has 1 N–H and O–H groups in total. The van der Waals surface area contributed by atoms with E-state index in [1.807, 2.05) is 6.92 Å². The molecule has 88 valence electrons. The van der Waals surface area contributed by atoms with Gasteiger partial charge in [-0.15, -0.1) is 0 Å². The average Bonchev–Trinajstić information content (AvgIpc) is 2.29. The number of nitrogens with zero attached hydrogens (tertiary/aromatic N) is 2. The standard InChI is InChI=1S/C12H13N3O2/c1-3-17-12-7-13-11-6-9(14-8(2)16)4-5-10(11)15-12/h4-7H,3H2,1-2H3,(H,14,16). The van der Waals surface area contributed by atoms with Crippen molar-refractivity contribution in [3.05, 3.63) is 24.4 Å². The van der Waals surface area contributed by atoms with Crippen LogP contribution in [-0.4, -0.2) is 22.5 Å². The van der Waals surface area contributed by atoms with Crippen LogP contribution in [-0.2, 0) is 4.79 Å². The van der Waals surface area contributed by atoms with Crippen molar-refractivity contribution in [2.24, 2.45) is 0 Å². The number of hydrogen-bond donors (Lipinski definition) is 1. The van der Waals surface area contributed by atoms with E-state index in [0.29, 0.717) is 18.2 Å². The summed E-state index contributed by atoms with van der Waals surface area (Å²) in [6, 6.07) is 5.36. The van der Waals surface area contributed by atoms with Crippen molar-refractivity contribution in [2.75, 3.05) is 11.9 Å². The number of amides is 1. The molecule has 0 spiro atoms. The SMILES string of the molecule is CCOc1cnc2cc(NC(C)=O)ccc2n1. The molecule has 1 amide bonds. The molecule has 1 aromatic carbocycles. The largest absolute Gasteiger partial charge is 0.477 e. The number of benzene rings is 1. The van der Waals surface area contributed by atoms with E-state index >= 15 is 0 Å². The first-order chi connectivity index (χ1) is 8.19. The molecule has 2 aromatic rings. The number of rotatable bonds is 3. The van der Waals surface area contributed by atoms with E-state index in [9.17, 15) is 4.79 Å². The van der Waals surface area contributed by atoms with Crippen molar-refractivity contribution in [3.63, 3.8) is 0 Å². The molecule has 0 saturated heterocycles. The van der Waals surface area contributed by atoms with Crippen molar-refractivity contribution in [1.82, 2.24) is 9.97 Å². The molecule has 0 unspecified atom stereocenters. The Kier molecular flexibility index (Phi) is 3.18. The molecule has 2 rings (SSSR count). The molecule has 0 aliphatic carbocycles. The van der Waals surface area contributed by atoms with Gasteiger partial charge in [0.25, 0.3) is 0 Å². The van der Waals surface area contributed by atoms with E-state index in [2.05, 4.69) is 15.3 Å². The maximum Gasteiger partial charge on any atom is 0.232 e. The minimum atomic E-state index is -0.108. The number of hydrogen-bond acceptors (Lipinski definition) is 4. The molecule has 0 radical (unpaired) electrons. The number of carbonyl (C=O) groups is 1. The van der Waals surface area contributed by atoms with E-state index in [4.69, 9.17) is 4.74 Å². The Labute approximate surface area is 98.8 Å². The van der Waals surface area contributed by atoms with Crippen LogP contribution in [0.1, 0.15) is 13.8 Å². The number of nitrogens with one attached hydrogen (secondary N) is 1. The topological polar surface area (TPSA) is 64.1 Å². The molecular formula is C12H13N3O2. The summed E-state index contributed by atoms with van der Waals surface area (Å²) in [4.78, 5) is 19.4. The molecule has 0 aliphatic heterocycles. The Morgan fingerprint density at radius 1 is 1.41 bits per heavy atom. The molecule has 5 nitrogen and oxygen atoms in total. The molecule has 0 fully saturated rings. The second-order valence-electron chi connectivity index (χ2n) is 3.53. The third-order valence-electron chi connectivity index (χ3n) is 2.13. The predicted octanol–water partition coefficient (Wildman–Crippen LogP) is 1.99. The van der Waals surface area contributed by atoms with Crippen LogP contribution < -0.4 is 10.1 Å². The fourth-order valence-electron chi connectivity index (χ4n) is 1.49. The van der Waals surface area contributed by atoms with Gasteiger partial charge < -0.3 is 10.1 Å². The van der Waals surface area contributed by atoms with Gasteiger partial charge in [0.15, 0.2) is 0 Å². The summed E-state index contributed by atoms with van der Waals surface area (Å²) in [7, 11) is 0. The first kappa shape index (κ1) is 11.3. The summed E-state index contributed by atoms with van der Waals surface area (Å²) in [5.41, 5.74) is 2.17. The first-order valence-electron chi connectivity index (χ1n) is 5.36. The lowest BCUT2D eigenvalue weighted by molar-refractivity contribution is -0.114. The van der Waals surface area contributed by atoms with E-state index in [1.165, 1.54) is 6.92 Å². The summed E-state index contributed by atoms with van der Waals surface area (Å²) in [5, 5.41) is 2.70. The molecule has 1 heterocycles. The van der Waals surface area contributed by atoms with Gasteiger partial charge >= 0.3 is 0 Å². The number of anilines is 1. The number of fused-ring (bicyclic) bond motifs is 1. The molecule has 0 saturated carbocycles. The second-order valence-corrected chi connectivity index (χ2v) is 3.53. The Balaban J connectivity index is 2.36. The summed E-state index contributed by atoms with van der Waals surface area (Å²) >= 11 is 0. The third kappa shape index (κ3) is 2.69. The Morgan fingerprint density at radius 2 is 2.24 bits per heavy atom. The normalized spacial score (nSPS) is 10.2. The van der Waals surface area contributed by atoms with E-state index < -0.39 is 0 Å². The van der Waals surface area contributed by atoms with Gasteiger partial charge in [-0.2, -0.15) is 0 Å². The lowest BCUT2D eigenvalue weighted by atomic mass is 10.2. The van der Waals surface area contributed by atoms with Gasteiger partial charge in [0.2, 0.25) is 11.8 Å². The van der Waals surface area contributed by atoms with Crippen LogP contribution in [0.2, 0.25) is 0 Å². The summed E-state index contributed by atoms with van der Waals surface area (Å²) in [6.07, 6.45) is 1.57. The van der Waals surface area contributed by atoms with Crippen LogP contribution in [0, 0.1) is 0 Å². The van der Waals surface area contributed by atoms with Crippen LogP contribution in [0.15, 0.2) is 24.4 Å². The van der Waals surface area contributed by atoms with Gasteiger partial charge in [-0.3, -0.25) is 4.79 Å². The second kappa shape index (κ2) is 4.78. The van der Waals surface area contributed by atoms with E-state index in [-0.39, 0.29) is 5.91 Å². The zero-order valence-electron chi connectivity index (χ0n) is 9.73. The van der Waals surface area contributed by atoms with Crippen LogP contribution >= 0.6 is 0 Å². The highest BCUT2D eigenvalue weighted by molar-refractivity contribution is 5.91.